The summed E-state index contributed by atoms with van der Waals surface area (Å²) in [6.45, 7) is 4.33. The Morgan fingerprint density at radius 2 is 1.86 bits per heavy atom. The van der Waals surface area contributed by atoms with E-state index >= 15 is 0 Å². The molecule has 0 bridgehead atoms. The lowest BCUT2D eigenvalue weighted by molar-refractivity contribution is 0.422. The van der Waals surface area contributed by atoms with Crippen LogP contribution in [0.3, 0.4) is 0 Å². The molecule has 0 saturated carbocycles. The number of hydrazine groups is 1. The Morgan fingerprint density at radius 1 is 1.19 bits per heavy atom. The molecule has 0 aliphatic rings. The molecule has 1 atom stereocenters. The molecule has 0 fully saturated rings. The second-order valence-electron chi connectivity index (χ2n) is 5.23. The van der Waals surface area contributed by atoms with E-state index in [9.17, 15) is 4.39 Å². The van der Waals surface area contributed by atoms with Crippen molar-refractivity contribution < 1.29 is 4.39 Å². The van der Waals surface area contributed by atoms with Crippen molar-refractivity contribution in [3.8, 4) is 0 Å². The summed E-state index contributed by atoms with van der Waals surface area (Å²) >= 11 is 0. The van der Waals surface area contributed by atoms with E-state index in [-0.39, 0.29) is 11.9 Å². The summed E-state index contributed by atoms with van der Waals surface area (Å²) in [6.07, 6.45) is 4.82. The summed E-state index contributed by atoms with van der Waals surface area (Å²) < 4.78 is 15.0. The van der Waals surface area contributed by atoms with Gasteiger partial charge in [-0.1, -0.05) is 26.0 Å². The van der Waals surface area contributed by atoms with Crippen LogP contribution in [0.1, 0.15) is 50.0 Å². The number of nitrogens with one attached hydrogen (secondary N) is 1. The highest BCUT2D eigenvalue weighted by molar-refractivity contribution is 5.21. The third-order valence-corrected chi connectivity index (χ3v) is 3.87. The van der Waals surface area contributed by atoms with Gasteiger partial charge in [-0.2, -0.15) is 5.10 Å². The minimum atomic E-state index is -0.243. The van der Waals surface area contributed by atoms with Crippen LogP contribution in [0.25, 0.3) is 0 Å². The lowest BCUT2D eigenvalue weighted by atomic mass is 10.0. The second-order valence-corrected chi connectivity index (χ2v) is 5.23. The Hall–Kier alpha value is -1.72. The van der Waals surface area contributed by atoms with Gasteiger partial charge in [-0.25, -0.2) is 4.39 Å². The number of nitrogens with two attached hydrogens (primary N) is 1. The molecule has 2 aromatic rings. The van der Waals surface area contributed by atoms with E-state index in [0.29, 0.717) is 12.5 Å². The Morgan fingerprint density at radius 3 is 2.43 bits per heavy atom. The van der Waals surface area contributed by atoms with E-state index < -0.39 is 0 Å². The molecule has 2 rings (SSSR count). The number of rotatable bonds is 7. The van der Waals surface area contributed by atoms with Gasteiger partial charge in [0.2, 0.25) is 0 Å². The van der Waals surface area contributed by atoms with Crippen LogP contribution in [0.2, 0.25) is 0 Å². The number of halogens is 1. The Labute approximate surface area is 125 Å². The Balaban J connectivity index is 2.10. The molecule has 0 amide bonds. The molecule has 0 aliphatic heterocycles. The number of aromatic nitrogens is 2. The molecule has 114 valence electrons. The largest absolute Gasteiger partial charge is 0.271 e. The fourth-order valence-electron chi connectivity index (χ4n) is 2.53. The smallest absolute Gasteiger partial charge is 0.123 e. The van der Waals surface area contributed by atoms with Crippen molar-refractivity contribution in [2.45, 2.75) is 45.2 Å². The standard InChI is InChI=1S/C16H23FN4/c1-3-15(4-2)21-10-9-14(20-21)11-16(19-18)12-5-7-13(17)8-6-12/h5-10,15-16,19H,3-4,11,18H2,1-2H3. The zero-order valence-electron chi connectivity index (χ0n) is 12.6. The van der Waals surface area contributed by atoms with Gasteiger partial charge >= 0.3 is 0 Å². The van der Waals surface area contributed by atoms with E-state index in [1.165, 1.54) is 12.1 Å². The van der Waals surface area contributed by atoms with Gasteiger partial charge in [0.25, 0.3) is 0 Å². The maximum absolute atomic E-state index is 13.0. The molecule has 1 heterocycles. The van der Waals surface area contributed by atoms with Crippen LogP contribution in [-0.4, -0.2) is 9.78 Å². The van der Waals surface area contributed by atoms with E-state index in [1.54, 1.807) is 12.1 Å². The normalized spacial score (nSPS) is 12.8. The average molecular weight is 290 g/mol. The molecule has 3 N–H and O–H groups in total. The van der Waals surface area contributed by atoms with Gasteiger partial charge in [0.15, 0.2) is 0 Å². The van der Waals surface area contributed by atoms with Crippen molar-refractivity contribution in [3.05, 3.63) is 53.6 Å². The van der Waals surface area contributed by atoms with Crippen molar-refractivity contribution in [1.82, 2.24) is 15.2 Å². The van der Waals surface area contributed by atoms with E-state index in [0.717, 1.165) is 24.1 Å². The Kier molecular flexibility index (Phi) is 5.47. The first-order valence-electron chi connectivity index (χ1n) is 7.43. The van der Waals surface area contributed by atoms with Gasteiger partial charge in [0.05, 0.1) is 17.8 Å². The maximum atomic E-state index is 13.0. The van der Waals surface area contributed by atoms with Gasteiger partial charge in [-0.05, 0) is 36.6 Å². The van der Waals surface area contributed by atoms with Crippen molar-refractivity contribution in [1.29, 1.82) is 0 Å². The van der Waals surface area contributed by atoms with Crippen LogP contribution in [0.15, 0.2) is 36.5 Å². The van der Waals surface area contributed by atoms with Gasteiger partial charge in [-0.3, -0.25) is 16.0 Å². The Bertz CT molecular complexity index is 546. The molecule has 0 radical (unpaired) electrons. The molecule has 1 aromatic heterocycles. The number of benzene rings is 1. The molecule has 0 spiro atoms. The van der Waals surface area contributed by atoms with Crippen LogP contribution < -0.4 is 11.3 Å². The molecule has 21 heavy (non-hydrogen) atoms. The molecular weight excluding hydrogens is 267 g/mol. The van der Waals surface area contributed by atoms with Crippen molar-refractivity contribution in [2.24, 2.45) is 5.84 Å². The summed E-state index contributed by atoms with van der Waals surface area (Å²) in [5, 5.41) is 4.63. The summed E-state index contributed by atoms with van der Waals surface area (Å²) in [6, 6.07) is 8.77. The molecule has 4 nitrogen and oxygen atoms in total. The van der Waals surface area contributed by atoms with Crippen LogP contribution in [0.5, 0.6) is 0 Å². The first kappa shape index (κ1) is 15.7. The van der Waals surface area contributed by atoms with E-state index in [4.69, 9.17) is 5.84 Å². The summed E-state index contributed by atoms with van der Waals surface area (Å²) in [4.78, 5) is 0. The van der Waals surface area contributed by atoms with Crippen LogP contribution in [0.4, 0.5) is 4.39 Å². The fourth-order valence-corrected chi connectivity index (χ4v) is 2.53. The van der Waals surface area contributed by atoms with Crippen molar-refractivity contribution in [2.75, 3.05) is 0 Å². The quantitative estimate of drug-likeness (QED) is 0.608. The molecule has 5 heteroatoms. The van der Waals surface area contributed by atoms with Gasteiger partial charge in [0.1, 0.15) is 5.82 Å². The average Bonchev–Trinajstić information content (AvgIpc) is 2.96. The van der Waals surface area contributed by atoms with Crippen LogP contribution in [0, 0.1) is 5.82 Å². The minimum Gasteiger partial charge on any atom is -0.271 e. The molecule has 0 aliphatic carbocycles. The first-order chi connectivity index (χ1) is 10.2. The maximum Gasteiger partial charge on any atom is 0.123 e. The SMILES string of the molecule is CCC(CC)n1ccc(CC(NN)c2ccc(F)cc2)n1. The summed E-state index contributed by atoms with van der Waals surface area (Å²) in [5.74, 6) is 5.39. The molecule has 0 saturated heterocycles. The van der Waals surface area contributed by atoms with Crippen molar-refractivity contribution in [3.63, 3.8) is 0 Å². The molecule has 1 unspecified atom stereocenters. The monoisotopic (exact) mass is 290 g/mol. The van der Waals surface area contributed by atoms with Crippen molar-refractivity contribution >= 4 is 0 Å². The highest BCUT2D eigenvalue weighted by Gasteiger charge is 2.14. The van der Waals surface area contributed by atoms with Gasteiger partial charge in [-0.15, -0.1) is 0 Å². The van der Waals surface area contributed by atoms with Gasteiger partial charge in [0, 0.05) is 12.6 Å². The predicted octanol–water partition coefficient (Wildman–Crippen LogP) is 3.13. The van der Waals surface area contributed by atoms with E-state index in [1.807, 2.05) is 16.9 Å². The summed E-state index contributed by atoms with van der Waals surface area (Å²) in [7, 11) is 0. The van der Waals surface area contributed by atoms with Gasteiger partial charge < -0.3 is 0 Å². The zero-order chi connectivity index (χ0) is 15.2. The minimum absolute atomic E-state index is 0.0735. The molecule has 1 aromatic carbocycles. The fraction of sp³-hybridized carbons (Fsp3) is 0.438. The molecular formula is C16H23FN4. The third kappa shape index (κ3) is 3.89. The number of hydrogen-bond acceptors (Lipinski definition) is 3. The highest BCUT2D eigenvalue weighted by atomic mass is 19.1. The van der Waals surface area contributed by atoms with Crippen LogP contribution >= 0.6 is 0 Å². The first-order valence-corrected chi connectivity index (χ1v) is 7.43. The number of hydrogen-bond donors (Lipinski definition) is 2. The number of nitrogens with zero attached hydrogens (tertiary/aromatic N) is 2. The lowest BCUT2D eigenvalue weighted by Gasteiger charge is -2.16. The second kappa shape index (κ2) is 7.33. The predicted molar refractivity (Wildman–Crippen MR) is 82.0 cm³/mol. The summed E-state index contributed by atoms with van der Waals surface area (Å²) in [5.41, 5.74) is 4.72. The van der Waals surface area contributed by atoms with E-state index in [2.05, 4.69) is 24.4 Å². The lowest BCUT2D eigenvalue weighted by Crippen LogP contribution is -2.29. The highest BCUT2D eigenvalue weighted by Crippen LogP contribution is 2.19. The zero-order valence-corrected chi connectivity index (χ0v) is 12.6. The van der Waals surface area contributed by atoms with Crippen LogP contribution in [-0.2, 0) is 6.42 Å². The topological polar surface area (TPSA) is 55.9 Å². The third-order valence-electron chi connectivity index (χ3n) is 3.87.